The standard InChI is InChI=1S/C22H25FN4O/c1-3-26-8-10-27(11-9-26)22-7-5-18(12-20(22)23)15-25-21-13-17(14-24)4-6-19(21)16(2)28/h4-7,12-13,25H,3,8-11,15H2,1-2H3. The normalized spacial score (nSPS) is 14.6. The van der Waals surface area contributed by atoms with Crippen LogP contribution in [-0.4, -0.2) is 43.4 Å². The number of carbonyl (C=O) groups excluding carboxylic acids is 1. The van der Waals surface area contributed by atoms with Crippen LogP contribution in [0.3, 0.4) is 0 Å². The number of rotatable bonds is 6. The molecule has 1 N–H and O–H groups in total. The molecule has 0 amide bonds. The lowest BCUT2D eigenvalue weighted by Gasteiger charge is -2.35. The highest BCUT2D eigenvalue weighted by molar-refractivity contribution is 5.99. The first-order chi connectivity index (χ1) is 13.5. The fourth-order valence-electron chi connectivity index (χ4n) is 3.49. The predicted molar refractivity (Wildman–Crippen MR) is 109 cm³/mol. The van der Waals surface area contributed by atoms with E-state index in [0.29, 0.717) is 29.0 Å². The van der Waals surface area contributed by atoms with E-state index in [9.17, 15) is 9.18 Å². The number of nitrogens with one attached hydrogen (secondary N) is 1. The van der Waals surface area contributed by atoms with Gasteiger partial charge in [-0.15, -0.1) is 0 Å². The van der Waals surface area contributed by atoms with Crippen molar-refractivity contribution in [1.29, 1.82) is 5.26 Å². The highest BCUT2D eigenvalue weighted by Crippen LogP contribution is 2.24. The average molecular weight is 380 g/mol. The molecule has 0 radical (unpaired) electrons. The van der Waals surface area contributed by atoms with Gasteiger partial charge < -0.3 is 15.1 Å². The summed E-state index contributed by atoms with van der Waals surface area (Å²) in [6.45, 7) is 8.56. The number of ketones is 1. The van der Waals surface area contributed by atoms with E-state index in [-0.39, 0.29) is 11.6 Å². The van der Waals surface area contributed by atoms with E-state index in [0.717, 1.165) is 38.3 Å². The molecule has 0 bridgehead atoms. The molecule has 1 fully saturated rings. The number of likely N-dealkylation sites (N-methyl/N-ethyl adjacent to an activating group) is 1. The molecule has 0 spiro atoms. The zero-order valence-corrected chi connectivity index (χ0v) is 16.3. The molecular formula is C22H25FN4O. The van der Waals surface area contributed by atoms with Gasteiger partial charge in [0.25, 0.3) is 0 Å². The van der Waals surface area contributed by atoms with E-state index in [1.54, 1.807) is 18.2 Å². The molecule has 2 aromatic carbocycles. The number of nitriles is 1. The first-order valence-corrected chi connectivity index (χ1v) is 9.56. The maximum absolute atomic E-state index is 14.7. The number of benzene rings is 2. The number of nitrogens with zero attached hydrogens (tertiary/aromatic N) is 3. The van der Waals surface area contributed by atoms with Gasteiger partial charge in [0.05, 0.1) is 17.3 Å². The van der Waals surface area contributed by atoms with E-state index in [2.05, 4.69) is 28.1 Å². The van der Waals surface area contributed by atoms with Gasteiger partial charge in [-0.25, -0.2) is 4.39 Å². The summed E-state index contributed by atoms with van der Waals surface area (Å²) in [4.78, 5) is 16.2. The van der Waals surface area contributed by atoms with Crippen LogP contribution in [0.15, 0.2) is 36.4 Å². The number of halogens is 1. The van der Waals surface area contributed by atoms with Crippen molar-refractivity contribution in [3.63, 3.8) is 0 Å². The third-order valence-electron chi connectivity index (χ3n) is 5.18. The van der Waals surface area contributed by atoms with Crippen molar-refractivity contribution in [2.24, 2.45) is 0 Å². The average Bonchev–Trinajstić information content (AvgIpc) is 2.72. The summed E-state index contributed by atoms with van der Waals surface area (Å²) in [6.07, 6.45) is 0. The Hall–Kier alpha value is -2.91. The summed E-state index contributed by atoms with van der Waals surface area (Å²) in [5.74, 6) is -0.318. The first kappa shape index (κ1) is 19.8. The lowest BCUT2D eigenvalue weighted by atomic mass is 10.1. The van der Waals surface area contributed by atoms with Crippen molar-refractivity contribution >= 4 is 17.2 Å². The quantitative estimate of drug-likeness (QED) is 0.775. The van der Waals surface area contributed by atoms with E-state index < -0.39 is 0 Å². The van der Waals surface area contributed by atoms with Crippen LogP contribution in [0.4, 0.5) is 15.8 Å². The Kier molecular flexibility index (Phi) is 6.27. The number of piperazine rings is 1. The Morgan fingerprint density at radius 2 is 1.93 bits per heavy atom. The summed E-state index contributed by atoms with van der Waals surface area (Å²) in [6, 6.07) is 12.2. The zero-order chi connectivity index (χ0) is 20.1. The molecule has 1 aliphatic heterocycles. The van der Waals surface area contributed by atoms with Crippen molar-refractivity contribution in [1.82, 2.24) is 4.90 Å². The molecule has 6 heteroatoms. The molecule has 1 aliphatic rings. The fraction of sp³-hybridized carbons (Fsp3) is 0.364. The lowest BCUT2D eigenvalue weighted by Crippen LogP contribution is -2.46. The van der Waals surface area contributed by atoms with Crippen molar-refractivity contribution in [3.05, 3.63) is 58.9 Å². The van der Waals surface area contributed by atoms with Gasteiger partial charge >= 0.3 is 0 Å². The van der Waals surface area contributed by atoms with Gasteiger partial charge in [-0.1, -0.05) is 13.0 Å². The highest BCUT2D eigenvalue weighted by atomic mass is 19.1. The SMILES string of the molecule is CCN1CCN(c2ccc(CNc3cc(C#N)ccc3C(C)=O)cc2F)CC1. The van der Waals surface area contributed by atoms with Gasteiger partial charge in [-0.2, -0.15) is 5.26 Å². The number of carbonyl (C=O) groups is 1. The van der Waals surface area contributed by atoms with Crippen LogP contribution in [0.1, 0.15) is 35.3 Å². The van der Waals surface area contributed by atoms with Gasteiger partial charge in [-0.3, -0.25) is 4.79 Å². The van der Waals surface area contributed by atoms with Crippen molar-refractivity contribution in [2.45, 2.75) is 20.4 Å². The Bertz CT molecular complexity index is 898. The molecule has 5 nitrogen and oxygen atoms in total. The molecule has 1 saturated heterocycles. The molecule has 2 aromatic rings. The lowest BCUT2D eigenvalue weighted by molar-refractivity contribution is 0.101. The van der Waals surface area contributed by atoms with Crippen LogP contribution in [-0.2, 0) is 6.54 Å². The van der Waals surface area contributed by atoms with Crippen LogP contribution in [0.2, 0.25) is 0 Å². The van der Waals surface area contributed by atoms with Gasteiger partial charge in [0.2, 0.25) is 0 Å². The molecule has 0 unspecified atom stereocenters. The Morgan fingerprint density at radius 1 is 1.18 bits per heavy atom. The van der Waals surface area contributed by atoms with Gasteiger partial charge in [0.15, 0.2) is 5.78 Å². The molecule has 0 aliphatic carbocycles. The van der Waals surface area contributed by atoms with Crippen LogP contribution in [0.25, 0.3) is 0 Å². The minimum Gasteiger partial charge on any atom is -0.380 e. The molecule has 0 saturated carbocycles. The van der Waals surface area contributed by atoms with Gasteiger partial charge in [0.1, 0.15) is 5.82 Å². The topological polar surface area (TPSA) is 59.4 Å². The van der Waals surface area contributed by atoms with Crippen molar-refractivity contribution < 1.29 is 9.18 Å². The fourth-order valence-corrected chi connectivity index (χ4v) is 3.49. The maximum atomic E-state index is 14.7. The van der Waals surface area contributed by atoms with Crippen molar-refractivity contribution in [2.75, 3.05) is 42.9 Å². The maximum Gasteiger partial charge on any atom is 0.161 e. The summed E-state index contributed by atoms with van der Waals surface area (Å²) < 4.78 is 14.7. The summed E-state index contributed by atoms with van der Waals surface area (Å²) >= 11 is 0. The second kappa shape index (κ2) is 8.85. The third kappa shape index (κ3) is 4.49. The smallest absolute Gasteiger partial charge is 0.161 e. The van der Waals surface area contributed by atoms with Crippen LogP contribution in [0, 0.1) is 17.1 Å². The number of Topliss-reactive ketones (excluding diaryl/α,β-unsaturated/α-hetero) is 1. The second-order valence-corrected chi connectivity index (χ2v) is 6.99. The van der Waals surface area contributed by atoms with E-state index in [1.807, 2.05) is 12.1 Å². The minimum atomic E-state index is -0.234. The highest BCUT2D eigenvalue weighted by Gasteiger charge is 2.18. The Morgan fingerprint density at radius 3 is 2.54 bits per heavy atom. The number of hydrogen-bond donors (Lipinski definition) is 1. The molecule has 1 heterocycles. The largest absolute Gasteiger partial charge is 0.380 e. The summed E-state index contributed by atoms with van der Waals surface area (Å²) in [5.41, 5.74) is 3.00. The monoisotopic (exact) mass is 380 g/mol. The summed E-state index contributed by atoms with van der Waals surface area (Å²) in [5, 5.41) is 12.2. The van der Waals surface area contributed by atoms with E-state index >= 15 is 0 Å². The molecule has 3 rings (SSSR count). The van der Waals surface area contributed by atoms with Crippen LogP contribution in [0.5, 0.6) is 0 Å². The van der Waals surface area contributed by atoms with Crippen molar-refractivity contribution in [3.8, 4) is 6.07 Å². The molecule has 28 heavy (non-hydrogen) atoms. The number of hydrogen-bond acceptors (Lipinski definition) is 5. The zero-order valence-electron chi connectivity index (χ0n) is 16.3. The van der Waals surface area contributed by atoms with Crippen LogP contribution < -0.4 is 10.2 Å². The predicted octanol–water partition coefficient (Wildman–Crippen LogP) is 3.65. The molecular weight excluding hydrogens is 355 g/mol. The van der Waals surface area contributed by atoms with Gasteiger partial charge in [-0.05, 0) is 49.4 Å². The first-order valence-electron chi connectivity index (χ1n) is 9.56. The second-order valence-electron chi connectivity index (χ2n) is 6.99. The summed E-state index contributed by atoms with van der Waals surface area (Å²) in [7, 11) is 0. The number of anilines is 2. The van der Waals surface area contributed by atoms with E-state index in [1.165, 1.54) is 13.0 Å². The molecule has 0 atom stereocenters. The Labute approximate surface area is 165 Å². The van der Waals surface area contributed by atoms with E-state index in [4.69, 9.17) is 5.26 Å². The van der Waals surface area contributed by atoms with Crippen LogP contribution >= 0.6 is 0 Å². The third-order valence-corrected chi connectivity index (χ3v) is 5.18. The molecule has 0 aromatic heterocycles. The van der Waals surface area contributed by atoms with Gasteiger partial charge in [0, 0.05) is 44.0 Å². The minimum absolute atomic E-state index is 0.0836. The Balaban J connectivity index is 1.70. The molecule has 146 valence electrons.